The summed E-state index contributed by atoms with van der Waals surface area (Å²) in [6.07, 6.45) is 3.95. The molecule has 1 saturated carbocycles. The van der Waals surface area contributed by atoms with Crippen molar-refractivity contribution < 1.29 is 22.8 Å². The van der Waals surface area contributed by atoms with Crippen molar-refractivity contribution in [3.05, 3.63) is 63.6 Å². The molecular formula is C26H29Cl2N3O5S. The molecule has 4 rings (SSSR count). The number of rotatable bonds is 9. The number of halogens is 2. The van der Waals surface area contributed by atoms with Crippen molar-refractivity contribution in [3.8, 4) is 0 Å². The number of benzene rings is 2. The van der Waals surface area contributed by atoms with E-state index < -0.39 is 22.0 Å². The minimum Gasteiger partial charge on any atom is -0.352 e. The van der Waals surface area contributed by atoms with Crippen molar-refractivity contribution >= 4 is 50.9 Å². The third-order valence-corrected chi connectivity index (χ3v) is 9.47. The fraction of sp³-hybridized carbons (Fsp3) is 0.423. The zero-order valence-electron chi connectivity index (χ0n) is 20.5. The molecule has 1 N–H and O–H groups in total. The Bertz CT molecular complexity index is 1290. The number of hydrogen-bond donors (Lipinski definition) is 1. The van der Waals surface area contributed by atoms with Crippen LogP contribution in [-0.4, -0.2) is 54.0 Å². The molecule has 11 heteroatoms. The van der Waals surface area contributed by atoms with Crippen molar-refractivity contribution in [2.45, 2.75) is 69.0 Å². The summed E-state index contributed by atoms with van der Waals surface area (Å²) in [5, 5.41) is 3.78. The van der Waals surface area contributed by atoms with E-state index >= 15 is 0 Å². The molecule has 0 aromatic heterocycles. The van der Waals surface area contributed by atoms with Crippen LogP contribution in [0.15, 0.2) is 47.4 Å². The van der Waals surface area contributed by atoms with Crippen molar-refractivity contribution in [2.75, 3.05) is 6.54 Å². The molecular weight excluding hydrogens is 537 g/mol. The van der Waals surface area contributed by atoms with E-state index in [2.05, 4.69) is 5.32 Å². The predicted octanol–water partition coefficient (Wildman–Crippen LogP) is 4.39. The maximum absolute atomic E-state index is 13.4. The molecule has 1 heterocycles. The lowest BCUT2D eigenvalue weighted by Crippen LogP contribution is -2.49. The van der Waals surface area contributed by atoms with Crippen LogP contribution in [0.2, 0.25) is 10.0 Å². The molecule has 198 valence electrons. The maximum atomic E-state index is 13.4. The van der Waals surface area contributed by atoms with Crippen LogP contribution in [-0.2, 0) is 26.2 Å². The zero-order chi connectivity index (χ0) is 26.7. The van der Waals surface area contributed by atoms with Gasteiger partial charge >= 0.3 is 0 Å². The molecule has 0 saturated heterocycles. The number of nitrogens with one attached hydrogen (secondary N) is 1. The lowest BCUT2D eigenvalue weighted by Gasteiger charge is -2.30. The van der Waals surface area contributed by atoms with E-state index in [1.807, 2.05) is 0 Å². The Balaban J connectivity index is 1.47. The van der Waals surface area contributed by atoms with Gasteiger partial charge in [-0.1, -0.05) is 54.2 Å². The highest BCUT2D eigenvalue weighted by molar-refractivity contribution is 7.90. The summed E-state index contributed by atoms with van der Waals surface area (Å²) in [6, 6.07) is 10.3. The zero-order valence-corrected chi connectivity index (χ0v) is 22.8. The van der Waals surface area contributed by atoms with Gasteiger partial charge in [0.2, 0.25) is 11.8 Å². The fourth-order valence-corrected chi connectivity index (χ4v) is 6.92. The van der Waals surface area contributed by atoms with E-state index in [0.717, 1.165) is 30.0 Å². The number of sulfonamides is 1. The second kappa shape index (κ2) is 11.4. The van der Waals surface area contributed by atoms with E-state index in [1.54, 1.807) is 37.3 Å². The fourth-order valence-electron chi connectivity index (χ4n) is 4.80. The number of amides is 3. The maximum Gasteiger partial charge on any atom is 0.269 e. The largest absolute Gasteiger partial charge is 0.352 e. The molecule has 1 fully saturated rings. The van der Waals surface area contributed by atoms with Crippen molar-refractivity contribution in [1.29, 1.82) is 0 Å². The van der Waals surface area contributed by atoms with Gasteiger partial charge in [0.25, 0.3) is 15.9 Å². The van der Waals surface area contributed by atoms with Gasteiger partial charge in [0.05, 0.1) is 5.56 Å². The van der Waals surface area contributed by atoms with Crippen molar-refractivity contribution in [1.82, 2.24) is 14.5 Å². The van der Waals surface area contributed by atoms with E-state index in [9.17, 15) is 22.8 Å². The van der Waals surface area contributed by atoms with E-state index in [0.29, 0.717) is 15.6 Å². The summed E-state index contributed by atoms with van der Waals surface area (Å²) in [6.45, 7) is 1.52. The SMILES string of the molecule is C[C@H](C(=O)NC1CCCC1)N(Cc1c(Cl)cccc1Cl)C(=O)CCCN1C(=O)c2ccccc2S1(=O)=O. The average Bonchev–Trinajstić information content (AvgIpc) is 3.44. The molecule has 3 amide bonds. The van der Waals surface area contributed by atoms with E-state index in [1.165, 1.54) is 17.0 Å². The topological polar surface area (TPSA) is 104 Å². The van der Waals surface area contributed by atoms with Gasteiger partial charge in [0.15, 0.2) is 0 Å². The summed E-state index contributed by atoms with van der Waals surface area (Å²) in [7, 11) is -3.96. The first-order valence-electron chi connectivity index (χ1n) is 12.3. The lowest BCUT2D eigenvalue weighted by atomic mass is 10.1. The molecule has 8 nitrogen and oxygen atoms in total. The second-order valence-electron chi connectivity index (χ2n) is 9.37. The molecule has 0 spiro atoms. The first-order chi connectivity index (χ1) is 17.6. The Kier molecular flexibility index (Phi) is 8.46. The summed E-state index contributed by atoms with van der Waals surface area (Å²) in [5.41, 5.74) is 0.647. The number of carbonyl (C=O) groups excluding carboxylic acids is 3. The highest BCUT2D eigenvalue weighted by atomic mass is 35.5. The summed E-state index contributed by atoms with van der Waals surface area (Å²) in [4.78, 5) is 40.5. The van der Waals surface area contributed by atoms with Gasteiger partial charge in [-0.25, -0.2) is 12.7 Å². The van der Waals surface area contributed by atoms with E-state index in [-0.39, 0.29) is 54.2 Å². The first-order valence-corrected chi connectivity index (χ1v) is 14.5. The van der Waals surface area contributed by atoms with E-state index in [4.69, 9.17) is 23.2 Å². The Hall–Kier alpha value is -2.62. The van der Waals surface area contributed by atoms with Gasteiger partial charge in [-0.2, -0.15) is 0 Å². The van der Waals surface area contributed by atoms with Crippen LogP contribution in [0, 0.1) is 0 Å². The minimum absolute atomic E-state index is 0.0168. The van der Waals surface area contributed by atoms with Crippen LogP contribution in [0.25, 0.3) is 0 Å². The third kappa shape index (κ3) is 5.78. The molecule has 2 aliphatic rings. The Morgan fingerprint density at radius 1 is 1.08 bits per heavy atom. The molecule has 0 bridgehead atoms. The van der Waals surface area contributed by atoms with Gasteiger partial charge in [0, 0.05) is 41.2 Å². The Morgan fingerprint density at radius 2 is 1.73 bits per heavy atom. The standard InChI is InChI=1S/C26H29Cl2N3O5S/c1-17(25(33)29-18-8-2-3-9-18)30(16-20-21(27)11-6-12-22(20)28)24(32)14-7-15-31-26(34)19-10-4-5-13-23(19)37(31,35)36/h4-6,10-13,17-18H,2-3,7-9,14-16H2,1H3,(H,29,33)/t17-/m1/s1. The van der Waals surface area contributed by atoms with Gasteiger partial charge < -0.3 is 10.2 Å². The Morgan fingerprint density at radius 3 is 2.38 bits per heavy atom. The normalized spacial score (nSPS) is 17.5. The van der Waals surface area contributed by atoms with Crippen LogP contribution in [0.1, 0.15) is 61.4 Å². The molecule has 2 aromatic carbocycles. The smallest absolute Gasteiger partial charge is 0.269 e. The molecule has 2 aromatic rings. The van der Waals surface area contributed by atoms with Crippen LogP contribution in [0.4, 0.5) is 0 Å². The summed E-state index contributed by atoms with van der Waals surface area (Å²) < 4.78 is 26.4. The molecule has 1 aliphatic heterocycles. The number of carbonyl (C=O) groups is 3. The highest BCUT2D eigenvalue weighted by Crippen LogP contribution is 2.31. The summed E-state index contributed by atoms with van der Waals surface area (Å²) in [5.74, 6) is -1.24. The highest BCUT2D eigenvalue weighted by Gasteiger charge is 2.40. The lowest BCUT2D eigenvalue weighted by molar-refractivity contribution is -0.141. The monoisotopic (exact) mass is 565 g/mol. The van der Waals surface area contributed by atoms with Gasteiger partial charge in [-0.15, -0.1) is 0 Å². The quantitative estimate of drug-likeness (QED) is 0.485. The van der Waals surface area contributed by atoms with Crippen LogP contribution >= 0.6 is 23.2 Å². The van der Waals surface area contributed by atoms with Crippen molar-refractivity contribution in [2.24, 2.45) is 0 Å². The summed E-state index contributed by atoms with van der Waals surface area (Å²) >= 11 is 12.7. The van der Waals surface area contributed by atoms with Crippen LogP contribution < -0.4 is 5.32 Å². The molecule has 1 atom stereocenters. The molecule has 0 radical (unpaired) electrons. The molecule has 1 aliphatic carbocycles. The number of nitrogens with zero attached hydrogens (tertiary/aromatic N) is 2. The predicted molar refractivity (Wildman–Crippen MR) is 141 cm³/mol. The second-order valence-corrected chi connectivity index (χ2v) is 12.0. The third-order valence-electron chi connectivity index (χ3n) is 6.92. The van der Waals surface area contributed by atoms with Crippen molar-refractivity contribution in [3.63, 3.8) is 0 Å². The molecule has 0 unspecified atom stereocenters. The first kappa shape index (κ1) is 27.4. The number of hydrogen-bond acceptors (Lipinski definition) is 5. The van der Waals surface area contributed by atoms with Gasteiger partial charge in [-0.05, 0) is 50.5 Å². The van der Waals surface area contributed by atoms with Crippen LogP contribution in [0.5, 0.6) is 0 Å². The average molecular weight is 567 g/mol. The van der Waals surface area contributed by atoms with Crippen LogP contribution in [0.3, 0.4) is 0 Å². The van der Waals surface area contributed by atoms with Gasteiger partial charge in [0.1, 0.15) is 10.9 Å². The van der Waals surface area contributed by atoms with Gasteiger partial charge in [-0.3, -0.25) is 14.4 Å². The number of fused-ring (bicyclic) bond motifs is 1. The minimum atomic E-state index is -3.96. The Labute approximate surface area is 227 Å². The molecule has 37 heavy (non-hydrogen) atoms.